The number of carbonyl (C=O) groups is 2. The summed E-state index contributed by atoms with van der Waals surface area (Å²) < 4.78 is 0. The van der Waals surface area contributed by atoms with Gasteiger partial charge in [0.05, 0.1) is 0 Å². The Labute approximate surface area is 156 Å². The lowest BCUT2D eigenvalue weighted by Crippen LogP contribution is -2.61. The SMILES string of the molecule is NC1CCC(NC(=O)CCNC(=O)NC23CC4CC(CC(C4)C2)C3)CC1. The number of hydrogen-bond acceptors (Lipinski definition) is 3. The Hall–Kier alpha value is -1.30. The molecule has 5 aliphatic rings. The second kappa shape index (κ2) is 7.37. The van der Waals surface area contributed by atoms with Crippen molar-refractivity contribution in [3.63, 3.8) is 0 Å². The fourth-order valence-electron chi connectivity index (χ4n) is 6.40. The number of amides is 3. The molecule has 6 nitrogen and oxygen atoms in total. The highest BCUT2D eigenvalue weighted by molar-refractivity contribution is 5.78. The third-order valence-corrected chi connectivity index (χ3v) is 7.19. The predicted molar refractivity (Wildman–Crippen MR) is 100 cm³/mol. The van der Waals surface area contributed by atoms with Crippen LogP contribution in [0.2, 0.25) is 0 Å². The van der Waals surface area contributed by atoms with Crippen molar-refractivity contribution in [2.45, 2.75) is 88.3 Å². The van der Waals surface area contributed by atoms with Gasteiger partial charge in [-0.05, 0) is 82.0 Å². The van der Waals surface area contributed by atoms with Gasteiger partial charge in [0, 0.05) is 30.6 Å². The standard InChI is InChI=1S/C20H34N4O2/c21-16-1-3-17(4-2-16)23-18(25)5-6-22-19(26)24-20-10-13-7-14(11-20)9-15(8-13)12-20/h13-17H,1-12,21H2,(H,23,25)(H2,22,24,26). The van der Waals surface area contributed by atoms with Gasteiger partial charge in [-0.2, -0.15) is 0 Å². The molecular formula is C20H34N4O2. The van der Waals surface area contributed by atoms with E-state index in [0.717, 1.165) is 62.7 Å². The molecule has 0 saturated heterocycles. The summed E-state index contributed by atoms with van der Waals surface area (Å²) in [5.74, 6) is 2.48. The van der Waals surface area contributed by atoms with E-state index in [4.69, 9.17) is 5.73 Å². The Morgan fingerprint density at radius 1 is 0.923 bits per heavy atom. The van der Waals surface area contributed by atoms with Crippen LogP contribution in [0.4, 0.5) is 4.79 Å². The first-order valence-electron chi connectivity index (χ1n) is 10.6. The summed E-state index contributed by atoms with van der Waals surface area (Å²) in [7, 11) is 0. The molecule has 0 aromatic carbocycles. The average molecular weight is 363 g/mol. The van der Waals surface area contributed by atoms with E-state index in [9.17, 15) is 9.59 Å². The molecule has 0 aliphatic heterocycles. The van der Waals surface area contributed by atoms with Gasteiger partial charge in [0.15, 0.2) is 0 Å². The fraction of sp³-hybridized carbons (Fsp3) is 0.900. The molecule has 3 amide bonds. The van der Waals surface area contributed by atoms with Crippen molar-refractivity contribution in [1.29, 1.82) is 0 Å². The lowest BCUT2D eigenvalue weighted by molar-refractivity contribution is -0.121. The summed E-state index contributed by atoms with van der Waals surface area (Å²) in [4.78, 5) is 24.4. The summed E-state index contributed by atoms with van der Waals surface area (Å²) in [6.07, 6.45) is 11.8. The first-order valence-corrected chi connectivity index (χ1v) is 10.6. The number of carbonyl (C=O) groups excluding carboxylic acids is 2. The molecule has 5 N–H and O–H groups in total. The van der Waals surface area contributed by atoms with Crippen LogP contribution in [0.3, 0.4) is 0 Å². The number of nitrogens with two attached hydrogens (primary N) is 1. The number of nitrogens with one attached hydrogen (secondary N) is 3. The molecule has 5 saturated carbocycles. The second-order valence-electron chi connectivity index (χ2n) is 9.51. The Bertz CT molecular complexity index is 507. The summed E-state index contributed by atoms with van der Waals surface area (Å²) in [6, 6.07) is 0.449. The monoisotopic (exact) mass is 362 g/mol. The van der Waals surface area contributed by atoms with Gasteiger partial charge in [0.2, 0.25) is 5.91 Å². The van der Waals surface area contributed by atoms with E-state index in [1.807, 2.05) is 0 Å². The second-order valence-corrected chi connectivity index (χ2v) is 9.51. The highest BCUT2D eigenvalue weighted by atomic mass is 16.2. The highest BCUT2D eigenvalue weighted by Gasteiger charge is 2.51. The zero-order valence-corrected chi connectivity index (χ0v) is 15.8. The van der Waals surface area contributed by atoms with Gasteiger partial charge < -0.3 is 21.7 Å². The van der Waals surface area contributed by atoms with Gasteiger partial charge in [0.25, 0.3) is 0 Å². The molecule has 0 heterocycles. The van der Waals surface area contributed by atoms with Crippen LogP contribution in [-0.4, -0.2) is 36.1 Å². The van der Waals surface area contributed by atoms with Crippen LogP contribution in [0.15, 0.2) is 0 Å². The van der Waals surface area contributed by atoms with Crippen LogP contribution in [0, 0.1) is 17.8 Å². The van der Waals surface area contributed by atoms with Crippen molar-refractivity contribution in [3.8, 4) is 0 Å². The summed E-state index contributed by atoms with van der Waals surface area (Å²) in [6.45, 7) is 0.399. The van der Waals surface area contributed by atoms with Gasteiger partial charge in [-0.15, -0.1) is 0 Å². The quantitative estimate of drug-likeness (QED) is 0.602. The molecule has 5 fully saturated rings. The van der Waals surface area contributed by atoms with Gasteiger partial charge >= 0.3 is 6.03 Å². The molecular weight excluding hydrogens is 328 g/mol. The van der Waals surface area contributed by atoms with Crippen molar-refractivity contribution >= 4 is 11.9 Å². The number of urea groups is 1. The van der Waals surface area contributed by atoms with Gasteiger partial charge in [-0.3, -0.25) is 4.79 Å². The summed E-state index contributed by atoms with van der Waals surface area (Å²) >= 11 is 0. The molecule has 5 rings (SSSR count). The Morgan fingerprint density at radius 3 is 2.08 bits per heavy atom. The lowest BCUT2D eigenvalue weighted by atomic mass is 9.53. The van der Waals surface area contributed by atoms with E-state index < -0.39 is 0 Å². The van der Waals surface area contributed by atoms with E-state index in [1.165, 1.54) is 19.3 Å². The van der Waals surface area contributed by atoms with Crippen LogP contribution < -0.4 is 21.7 Å². The molecule has 0 aromatic heterocycles. The van der Waals surface area contributed by atoms with Crippen LogP contribution >= 0.6 is 0 Å². The fourth-order valence-corrected chi connectivity index (χ4v) is 6.40. The first-order chi connectivity index (χ1) is 12.5. The van der Waals surface area contributed by atoms with E-state index in [0.29, 0.717) is 13.0 Å². The van der Waals surface area contributed by atoms with Gasteiger partial charge in [-0.25, -0.2) is 4.79 Å². The lowest BCUT2D eigenvalue weighted by Gasteiger charge is -2.56. The molecule has 146 valence electrons. The molecule has 0 unspecified atom stereocenters. The van der Waals surface area contributed by atoms with E-state index in [-0.39, 0.29) is 29.6 Å². The van der Waals surface area contributed by atoms with Gasteiger partial charge in [0.1, 0.15) is 0 Å². The summed E-state index contributed by atoms with van der Waals surface area (Å²) in [5.41, 5.74) is 5.93. The number of rotatable bonds is 5. The molecule has 4 bridgehead atoms. The minimum absolute atomic E-state index is 0.0283. The Balaban J connectivity index is 1.16. The molecule has 0 radical (unpaired) electrons. The summed E-state index contributed by atoms with van der Waals surface area (Å²) in [5, 5.41) is 9.26. The maximum absolute atomic E-state index is 12.4. The predicted octanol–water partition coefficient (Wildman–Crippen LogP) is 2.03. The van der Waals surface area contributed by atoms with Crippen molar-refractivity contribution in [1.82, 2.24) is 16.0 Å². The molecule has 6 heteroatoms. The van der Waals surface area contributed by atoms with Crippen molar-refractivity contribution in [2.24, 2.45) is 23.5 Å². The van der Waals surface area contributed by atoms with Crippen LogP contribution in [0.1, 0.15) is 70.6 Å². The Morgan fingerprint density at radius 2 is 1.50 bits per heavy atom. The topological polar surface area (TPSA) is 96.2 Å². The van der Waals surface area contributed by atoms with E-state index >= 15 is 0 Å². The molecule has 0 atom stereocenters. The van der Waals surface area contributed by atoms with Crippen molar-refractivity contribution < 1.29 is 9.59 Å². The molecule has 26 heavy (non-hydrogen) atoms. The third-order valence-electron chi connectivity index (χ3n) is 7.19. The first kappa shape index (κ1) is 18.1. The van der Waals surface area contributed by atoms with E-state index in [1.54, 1.807) is 0 Å². The zero-order chi connectivity index (χ0) is 18.1. The number of hydrogen-bond donors (Lipinski definition) is 4. The molecule has 0 aromatic rings. The van der Waals surface area contributed by atoms with Crippen LogP contribution in [0.25, 0.3) is 0 Å². The smallest absolute Gasteiger partial charge is 0.315 e. The zero-order valence-electron chi connectivity index (χ0n) is 15.8. The van der Waals surface area contributed by atoms with Gasteiger partial charge in [-0.1, -0.05) is 0 Å². The van der Waals surface area contributed by atoms with Crippen LogP contribution in [-0.2, 0) is 4.79 Å². The maximum Gasteiger partial charge on any atom is 0.315 e. The highest BCUT2D eigenvalue weighted by Crippen LogP contribution is 2.55. The minimum atomic E-state index is -0.0941. The molecule has 0 spiro atoms. The van der Waals surface area contributed by atoms with E-state index in [2.05, 4.69) is 16.0 Å². The van der Waals surface area contributed by atoms with Crippen molar-refractivity contribution in [2.75, 3.05) is 6.54 Å². The third kappa shape index (κ3) is 4.16. The molecule has 5 aliphatic carbocycles. The Kier molecular flexibility index (Phi) is 5.13. The van der Waals surface area contributed by atoms with Crippen molar-refractivity contribution in [3.05, 3.63) is 0 Å². The minimum Gasteiger partial charge on any atom is -0.353 e. The largest absolute Gasteiger partial charge is 0.353 e. The van der Waals surface area contributed by atoms with Crippen LogP contribution in [0.5, 0.6) is 0 Å². The normalized spacial score (nSPS) is 40.9. The maximum atomic E-state index is 12.4. The average Bonchev–Trinajstić information content (AvgIpc) is 2.55.